The van der Waals surface area contributed by atoms with E-state index in [0.29, 0.717) is 5.75 Å². The predicted molar refractivity (Wildman–Crippen MR) is 93.1 cm³/mol. The lowest BCUT2D eigenvalue weighted by molar-refractivity contribution is -0.119. The Bertz CT molecular complexity index is 691. The molecule has 0 bridgehead atoms. The van der Waals surface area contributed by atoms with Crippen LogP contribution >= 0.6 is 0 Å². The number of rotatable bonds is 6. The van der Waals surface area contributed by atoms with Crippen LogP contribution < -0.4 is 15.5 Å². The number of anilines is 1. The van der Waals surface area contributed by atoms with Gasteiger partial charge in [0.25, 0.3) is 5.91 Å². The molecule has 5 nitrogen and oxygen atoms in total. The van der Waals surface area contributed by atoms with Gasteiger partial charge >= 0.3 is 0 Å². The van der Waals surface area contributed by atoms with Gasteiger partial charge in [0.15, 0.2) is 0 Å². The van der Waals surface area contributed by atoms with Crippen molar-refractivity contribution < 1.29 is 9.53 Å². The molecule has 0 aliphatic carbocycles. The first-order valence-corrected chi connectivity index (χ1v) is 7.37. The molecule has 0 aliphatic heterocycles. The van der Waals surface area contributed by atoms with Crippen LogP contribution in [0.4, 0.5) is 5.69 Å². The van der Waals surface area contributed by atoms with Crippen LogP contribution in [0.3, 0.4) is 0 Å². The summed E-state index contributed by atoms with van der Waals surface area (Å²) in [5.41, 5.74) is 6.50. The van der Waals surface area contributed by atoms with E-state index in [1.54, 1.807) is 13.3 Å². The number of hydrazone groups is 1. The van der Waals surface area contributed by atoms with E-state index in [0.717, 1.165) is 22.4 Å². The van der Waals surface area contributed by atoms with E-state index in [1.165, 1.54) is 0 Å². The molecule has 0 aromatic heterocycles. The van der Waals surface area contributed by atoms with Gasteiger partial charge in [-0.3, -0.25) is 4.79 Å². The third kappa shape index (κ3) is 4.57. The summed E-state index contributed by atoms with van der Waals surface area (Å²) in [5.74, 6) is 0.498. The molecule has 2 N–H and O–H groups in total. The van der Waals surface area contributed by atoms with E-state index in [-0.39, 0.29) is 12.5 Å². The second-order valence-electron chi connectivity index (χ2n) is 5.16. The molecular formula is C18H21N3O2. The number of benzene rings is 2. The van der Waals surface area contributed by atoms with Crippen LogP contribution in [-0.4, -0.2) is 25.8 Å². The van der Waals surface area contributed by atoms with Gasteiger partial charge in [0.2, 0.25) is 0 Å². The lowest BCUT2D eigenvalue weighted by atomic mass is 10.1. The Morgan fingerprint density at radius 2 is 1.83 bits per heavy atom. The van der Waals surface area contributed by atoms with E-state index in [4.69, 9.17) is 4.74 Å². The number of methoxy groups -OCH3 is 1. The number of hydrogen-bond donors (Lipinski definition) is 2. The van der Waals surface area contributed by atoms with Crippen LogP contribution in [0.1, 0.15) is 16.7 Å². The molecule has 0 radical (unpaired) electrons. The van der Waals surface area contributed by atoms with Crippen LogP contribution in [-0.2, 0) is 4.79 Å². The molecule has 0 saturated heterocycles. The summed E-state index contributed by atoms with van der Waals surface area (Å²) in [4.78, 5) is 11.9. The first-order valence-electron chi connectivity index (χ1n) is 7.37. The maximum Gasteiger partial charge on any atom is 0.259 e. The SMILES string of the molecule is COc1ccccc1/C=N\NC(=O)CNc1c(C)cccc1C. The number of carbonyl (C=O) groups excluding carboxylic acids is 1. The molecule has 1 amide bonds. The Morgan fingerprint density at radius 1 is 1.13 bits per heavy atom. The number of para-hydroxylation sites is 2. The largest absolute Gasteiger partial charge is 0.496 e. The number of aryl methyl sites for hydroxylation is 2. The maximum atomic E-state index is 11.9. The highest BCUT2D eigenvalue weighted by atomic mass is 16.5. The quantitative estimate of drug-likeness (QED) is 0.637. The molecule has 0 fully saturated rings. The minimum Gasteiger partial charge on any atom is -0.496 e. The summed E-state index contributed by atoms with van der Waals surface area (Å²) in [5, 5.41) is 7.10. The third-order valence-electron chi connectivity index (χ3n) is 3.44. The Balaban J connectivity index is 1.89. The molecule has 2 aromatic carbocycles. The van der Waals surface area contributed by atoms with Crippen LogP contribution in [0.2, 0.25) is 0 Å². The van der Waals surface area contributed by atoms with Crippen molar-refractivity contribution in [3.8, 4) is 5.75 Å². The molecule has 23 heavy (non-hydrogen) atoms. The van der Waals surface area contributed by atoms with Crippen LogP contribution in [0.15, 0.2) is 47.6 Å². The average Bonchev–Trinajstić information content (AvgIpc) is 2.55. The molecule has 0 unspecified atom stereocenters. The molecular weight excluding hydrogens is 290 g/mol. The second kappa shape index (κ2) is 7.98. The van der Waals surface area contributed by atoms with Crippen LogP contribution in [0, 0.1) is 13.8 Å². The van der Waals surface area contributed by atoms with Crippen molar-refractivity contribution in [3.63, 3.8) is 0 Å². The van der Waals surface area contributed by atoms with Crippen molar-refractivity contribution >= 4 is 17.8 Å². The van der Waals surface area contributed by atoms with Crippen LogP contribution in [0.5, 0.6) is 5.75 Å². The minimum absolute atomic E-state index is 0.162. The van der Waals surface area contributed by atoms with Crippen molar-refractivity contribution in [2.75, 3.05) is 19.0 Å². The van der Waals surface area contributed by atoms with Gasteiger partial charge in [0, 0.05) is 11.3 Å². The Hall–Kier alpha value is -2.82. The third-order valence-corrected chi connectivity index (χ3v) is 3.44. The van der Waals surface area contributed by atoms with Crippen molar-refractivity contribution in [1.29, 1.82) is 0 Å². The lowest BCUT2D eigenvalue weighted by Gasteiger charge is -2.11. The van der Waals surface area contributed by atoms with Crippen molar-refractivity contribution in [2.45, 2.75) is 13.8 Å². The summed E-state index contributed by atoms with van der Waals surface area (Å²) in [6.45, 7) is 4.18. The average molecular weight is 311 g/mol. The fourth-order valence-electron chi connectivity index (χ4n) is 2.25. The first kappa shape index (κ1) is 16.5. The predicted octanol–water partition coefficient (Wildman–Crippen LogP) is 2.87. The van der Waals surface area contributed by atoms with Crippen molar-refractivity contribution in [3.05, 3.63) is 59.2 Å². The second-order valence-corrected chi connectivity index (χ2v) is 5.16. The number of nitrogens with one attached hydrogen (secondary N) is 2. The van der Waals surface area contributed by atoms with Gasteiger partial charge in [-0.1, -0.05) is 30.3 Å². The van der Waals surface area contributed by atoms with Gasteiger partial charge < -0.3 is 10.1 Å². The van der Waals surface area contributed by atoms with E-state index in [1.807, 2.05) is 56.3 Å². The van der Waals surface area contributed by atoms with E-state index < -0.39 is 0 Å². The molecule has 0 aliphatic rings. The zero-order chi connectivity index (χ0) is 16.7. The van der Waals surface area contributed by atoms with E-state index in [9.17, 15) is 4.79 Å². The normalized spacial score (nSPS) is 10.6. The molecule has 5 heteroatoms. The van der Waals surface area contributed by atoms with Crippen molar-refractivity contribution in [2.24, 2.45) is 5.10 Å². The summed E-state index contributed by atoms with van der Waals surface area (Å²) >= 11 is 0. The Kier molecular flexibility index (Phi) is 5.74. The molecule has 0 saturated carbocycles. The molecule has 0 atom stereocenters. The smallest absolute Gasteiger partial charge is 0.259 e. The molecule has 0 heterocycles. The number of ether oxygens (including phenoxy) is 1. The van der Waals surface area contributed by atoms with E-state index >= 15 is 0 Å². The fraction of sp³-hybridized carbons (Fsp3) is 0.222. The molecule has 2 aromatic rings. The highest BCUT2D eigenvalue weighted by Gasteiger charge is 2.04. The number of amides is 1. The van der Waals surface area contributed by atoms with E-state index in [2.05, 4.69) is 15.8 Å². The summed E-state index contributed by atoms with van der Waals surface area (Å²) in [6.07, 6.45) is 1.57. The number of nitrogens with zero attached hydrogens (tertiary/aromatic N) is 1. The monoisotopic (exact) mass is 311 g/mol. The maximum absolute atomic E-state index is 11.9. The first-order chi connectivity index (χ1) is 11.1. The Morgan fingerprint density at radius 3 is 2.52 bits per heavy atom. The van der Waals surface area contributed by atoms with Gasteiger partial charge in [-0.25, -0.2) is 5.43 Å². The minimum atomic E-state index is -0.209. The van der Waals surface area contributed by atoms with Gasteiger partial charge in [0.05, 0.1) is 19.9 Å². The fourth-order valence-corrected chi connectivity index (χ4v) is 2.25. The van der Waals surface area contributed by atoms with Gasteiger partial charge in [0.1, 0.15) is 5.75 Å². The molecule has 120 valence electrons. The number of hydrogen-bond acceptors (Lipinski definition) is 4. The van der Waals surface area contributed by atoms with Crippen LogP contribution in [0.25, 0.3) is 0 Å². The van der Waals surface area contributed by atoms with Gasteiger partial charge in [-0.2, -0.15) is 5.10 Å². The summed E-state index contributed by atoms with van der Waals surface area (Å²) < 4.78 is 5.22. The highest BCUT2D eigenvalue weighted by molar-refractivity contribution is 5.86. The zero-order valence-corrected chi connectivity index (χ0v) is 13.6. The topological polar surface area (TPSA) is 62.7 Å². The lowest BCUT2D eigenvalue weighted by Crippen LogP contribution is -2.26. The molecule has 2 rings (SSSR count). The molecule has 0 spiro atoms. The highest BCUT2D eigenvalue weighted by Crippen LogP contribution is 2.18. The summed E-state index contributed by atoms with van der Waals surface area (Å²) in [7, 11) is 1.60. The van der Waals surface area contributed by atoms with Crippen molar-refractivity contribution in [1.82, 2.24) is 5.43 Å². The number of carbonyl (C=O) groups is 1. The zero-order valence-electron chi connectivity index (χ0n) is 13.6. The Labute approximate surface area is 136 Å². The standard InChI is InChI=1S/C18H21N3O2/c1-13-7-6-8-14(2)18(13)19-12-17(22)21-20-11-15-9-4-5-10-16(15)23-3/h4-11,19H,12H2,1-3H3,(H,21,22)/b20-11-. The van der Waals surface area contributed by atoms with Gasteiger partial charge in [-0.15, -0.1) is 0 Å². The summed E-state index contributed by atoms with van der Waals surface area (Å²) in [6, 6.07) is 13.5. The van der Waals surface area contributed by atoms with Gasteiger partial charge in [-0.05, 0) is 37.1 Å².